The van der Waals surface area contributed by atoms with Crippen molar-refractivity contribution in [1.82, 2.24) is 40.2 Å². The first-order valence-electron chi connectivity index (χ1n) is 25.1. The van der Waals surface area contributed by atoms with Crippen LogP contribution in [0.25, 0.3) is 78.0 Å². The van der Waals surface area contributed by atoms with E-state index in [1.54, 1.807) is 52.2 Å². The first-order valence-corrected chi connectivity index (χ1v) is 32.9. The van der Waals surface area contributed by atoms with Crippen LogP contribution < -0.4 is 36.1 Å². The van der Waals surface area contributed by atoms with Crippen molar-refractivity contribution in [3.8, 4) is 55.9 Å². The number of halogens is 2. The van der Waals surface area contributed by atoms with Crippen LogP contribution in [0.3, 0.4) is 0 Å². The summed E-state index contributed by atoms with van der Waals surface area (Å²) in [6.07, 6.45) is 4.78. The first-order chi connectivity index (χ1) is 37.6. The number of alkyl halides is 2. The number of nitrogens with zero attached hydrogens (tertiary/aromatic N) is 6. The number of hydrogen-bond donors (Lipinski definition) is 6. The molecular weight excluding hydrogens is 1280 g/mol. The third-order valence-corrected chi connectivity index (χ3v) is 18.6. The van der Waals surface area contributed by atoms with Crippen LogP contribution in [-0.2, 0) is 20.0 Å². The van der Waals surface area contributed by atoms with E-state index in [-0.39, 0.29) is 19.3 Å². The van der Waals surface area contributed by atoms with Crippen molar-refractivity contribution in [3.63, 3.8) is 0 Å². The monoisotopic (exact) mass is 1350 g/mol. The fraction of sp³-hybridized carbons (Fsp3) is 0.263. The summed E-state index contributed by atoms with van der Waals surface area (Å²) in [6.45, 7) is 16.2. The summed E-state index contributed by atoms with van der Waals surface area (Å²) >= 11 is 2.79. The molecule has 0 amide bonds. The van der Waals surface area contributed by atoms with E-state index in [0.717, 1.165) is 76.4 Å². The average Bonchev–Trinajstić information content (AvgIpc) is 4.23. The van der Waals surface area contributed by atoms with Crippen LogP contribution in [0.15, 0.2) is 131 Å². The standard InChI is InChI=1S/C26H25N5O3S.C15H17IN4O3S.C11H10BNO2.C4H10I.CH4/c1-15(2)35(32,33)31-26-28-22-14-19(23-16(3)30-34-17(23)4)13-21(25(22)29-26)20-11-8-12-27-24(20)18-9-6-5-7-10-18;1-7(2)24(21,22)20-15-17-12-6-10(5-11(16)14(12)18-15)13-8(3)19-23-9(13)4;14-12(15)10-7-4-8-13-11(10)9-5-2-1-3-6-9;1-3-4-5-2;/h5-15H,1-4H3,(H2,28,29,31);5-7H,1-4H3,(H2,17,18,20);1-8,14-15H;3-4H2,1-2H3;1H4/q;;;-1;. The van der Waals surface area contributed by atoms with Crippen LogP contribution in [0.2, 0.25) is 0 Å². The van der Waals surface area contributed by atoms with Gasteiger partial charge in [-0.25, -0.2) is 26.8 Å². The van der Waals surface area contributed by atoms with E-state index in [4.69, 9.17) is 9.05 Å². The number of aryl methyl sites for hydroxylation is 4. The molecule has 18 nitrogen and oxygen atoms in total. The van der Waals surface area contributed by atoms with Crippen molar-refractivity contribution in [2.24, 2.45) is 0 Å². The maximum Gasteiger partial charge on any atom is 0.490 e. The number of pyridine rings is 2. The third kappa shape index (κ3) is 15.1. The molecule has 422 valence electrons. The number of imidazole rings is 2. The Morgan fingerprint density at radius 1 is 0.625 bits per heavy atom. The second-order valence-corrected chi connectivity index (χ2v) is 26.9. The molecule has 0 saturated heterocycles. The number of sulfonamides is 2. The van der Waals surface area contributed by atoms with Crippen molar-refractivity contribution in [2.75, 3.05) is 18.8 Å². The summed E-state index contributed by atoms with van der Waals surface area (Å²) in [5.74, 6) is 1.81. The van der Waals surface area contributed by atoms with Crippen LogP contribution in [0.5, 0.6) is 0 Å². The van der Waals surface area contributed by atoms with Crippen LogP contribution >= 0.6 is 22.6 Å². The zero-order valence-corrected chi connectivity index (χ0v) is 51.2. The van der Waals surface area contributed by atoms with Crippen molar-refractivity contribution in [3.05, 3.63) is 148 Å². The Labute approximate surface area is 492 Å². The van der Waals surface area contributed by atoms with Gasteiger partial charge in [-0.1, -0.05) is 90.5 Å². The van der Waals surface area contributed by atoms with Gasteiger partial charge in [0.05, 0.1) is 49.8 Å². The van der Waals surface area contributed by atoms with E-state index in [0.29, 0.717) is 54.7 Å². The molecule has 0 radical (unpaired) electrons. The number of nitrogens with one attached hydrogen (secondary N) is 4. The number of fused-ring (bicyclic) bond motifs is 2. The topological polar surface area (TPSA) is 268 Å². The number of benzene rings is 4. The van der Waals surface area contributed by atoms with E-state index < -0.39 is 37.7 Å². The summed E-state index contributed by atoms with van der Waals surface area (Å²) in [6, 6.07) is 34.4. The molecule has 0 saturated carbocycles. The summed E-state index contributed by atoms with van der Waals surface area (Å²) in [7, 11) is -8.52. The smallest absolute Gasteiger partial charge is 0.423 e. The summed E-state index contributed by atoms with van der Waals surface area (Å²) in [4.78, 5) is 26.3. The molecule has 0 bridgehead atoms. The minimum atomic E-state index is -3.58. The van der Waals surface area contributed by atoms with E-state index in [1.807, 2.05) is 125 Å². The predicted octanol–water partition coefficient (Wildman–Crippen LogP) is 8.48. The molecule has 0 fully saturated rings. The fourth-order valence-corrected chi connectivity index (χ4v) is 11.2. The molecule has 10 rings (SSSR count). The van der Waals surface area contributed by atoms with Gasteiger partial charge in [0.15, 0.2) is 0 Å². The predicted molar refractivity (Wildman–Crippen MR) is 326 cm³/mol. The minimum absolute atomic E-state index is 0. The van der Waals surface area contributed by atoms with Gasteiger partial charge in [0.25, 0.3) is 0 Å². The SMILES string of the molecule is C.CCC[I-]C.Cc1noc(C)c1-c1cc(-c2cccnc2-c2ccccc2)c2nc(NS(=O)(=O)C(C)C)[nH]c2c1.Cc1noc(C)c1-c1cc(I)c2nc(NS(=O)(=O)C(C)C)[nH]c2c1.OB(O)c1cccnc1-c1ccccc1. The van der Waals surface area contributed by atoms with Gasteiger partial charge in [-0.05, 0) is 131 Å². The minimum Gasteiger partial charge on any atom is -0.423 e. The average molecular weight is 1350 g/mol. The second-order valence-electron chi connectivity index (χ2n) is 18.6. The Hall–Kier alpha value is -6.52. The van der Waals surface area contributed by atoms with Crippen molar-refractivity contribution >= 4 is 89.2 Å². The number of hydrogen-bond acceptors (Lipinski definition) is 14. The molecule has 0 unspecified atom stereocenters. The van der Waals surface area contributed by atoms with Crippen molar-refractivity contribution in [1.29, 1.82) is 0 Å². The quantitative estimate of drug-likeness (QED) is 0.0339. The summed E-state index contributed by atoms with van der Waals surface area (Å²) in [5, 5.41) is 25.3. The maximum atomic E-state index is 12.5. The van der Waals surface area contributed by atoms with Gasteiger partial charge >= 0.3 is 51.0 Å². The van der Waals surface area contributed by atoms with Gasteiger partial charge in [0.2, 0.25) is 31.9 Å². The fourth-order valence-electron chi connectivity index (χ4n) is 8.18. The zero-order chi connectivity index (χ0) is 57.2. The Balaban J connectivity index is 0.000000198. The van der Waals surface area contributed by atoms with E-state index in [2.05, 4.69) is 84.1 Å². The Morgan fingerprint density at radius 3 is 1.54 bits per heavy atom. The number of aromatic nitrogens is 8. The molecule has 0 aliphatic rings. The maximum absolute atomic E-state index is 12.5. The normalized spacial score (nSPS) is 11.3. The molecule has 10 aromatic rings. The molecule has 6 N–H and O–H groups in total. The first kappa shape index (κ1) is 62.7. The molecule has 0 aliphatic carbocycles. The van der Waals surface area contributed by atoms with Crippen LogP contribution in [-0.4, -0.2) is 94.1 Å². The van der Waals surface area contributed by atoms with Crippen LogP contribution in [0.4, 0.5) is 11.9 Å². The summed E-state index contributed by atoms with van der Waals surface area (Å²) < 4.78 is 67.2. The molecule has 0 atom stereocenters. The van der Waals surface area contributed by atoms with E-state index >= 15 is 0 Å². The Morgan fingerprint density at radius 2 is 1.09 bits per heavy atom. The van der Waals surface area contributed by atoms with Gasteiger partial charge < -0.3 is 29.1 Å². The molecule has 6 heterocycles. The van der Waals surface area contributed by atoms with Crippen molar-refractivity contribution < 1.29 is 57.1 Å². The molecular formula is C57H66BI2N10O8S2-. The molecule has 80 heavy (non-hydrogen) atoms. The van der Waals surface area contributed by atoms with Gasteiger partial charge in [0.1, 0.15) is 17.0 Å². The second kappa shape index (κ2) is 27.8. The molecule has 0 spiro atoms. The zero-order valence-electron chi connectivity index (χ0n) is 45.3. The number of H-pyrrole nitrogens is 2. The Kier molecular flexibility index (Phi) is 21.8. The van der Waals surface area contributed by atoms with Gasteiger partial charge in [-0.3, -0.25) is 19.4 Å². The Bertz CT molecular complexity index is 3870. The third-order valence-electron chi connectivity index (χ3n) is 12.2. The van der Waals surface area contributed by atoms with Crippen molar-refractivity contribution in [2.45, 2.75) is 86.7 Å². The molecule has 4 aromatic carbocycles. The van der Waals surface area contributed by atoms with Gasteiger partial charge in [-0.2, -0.15) is 0 Å². The van der Waals surface area contributed by atoms with E-state index in [1.165, 1.54) is 10.8 Å². The molecule has 0 aliphatic heterocycles. The number of rotatable bonds is 14. The molecule has 23 heteroatoms. The summed E-state index contributed by atoms with van der Waals surface area (Å²) in [5.41, 5.74) is 13.4. The molecule has 6 aromatic heterocycles. The number of aromatic amines is 2. The number of anilines is 2. The van der Waals surface area contributed by atoms with E-state index in [9.17, 15) is 26.9 Å². The largest absolute Gasteiger partial charge is 0.490 e. The van der Waals surface area contributed by atoms with Gasteiger partial charge in [-0.15, -0.1) is 0 Å². The van der Waals surface area contributed by atoms with Crippen LogP contribution in [0, 0.1) is 31.3 Å². The van der Waals surface area contributed by atoms with Crippen LogP contribution in [0.1, 0.15) is 71.4 Å². The van der Waals surface area contributed by atoms with Gasteiger partial charge in [0, 0.05) is 49.2 Å².